The maximum atomic E-state index is 13.0. The molecule has 1 N–H and O–H groups in total. The Kier molecular flexibility index (Phi) is 6.96. The molecule has 0 spiro atoms. The molecule has 0 bridgehead atoms. The van der Waals surface area contributed by atoms with Gasteiger partial charge in [-0.1, -0.05) is 30.3 Å². The molecule has 30 heavy (non-hydrogen) atoms. The van der Waals surface area contributed by atoms with E-state index in [9.17, 15) is 17.6 Å². The summed E-state index contributed by atoms with van der Waals surface area (Å²) in [5.74, 6) is -0.145. The number of carbonyl (C=O) groups excluding carboxylic acids is 1. The molecule has 0 fully saturated rings. The van der Waals surface area contributed by atoms with Crippen LogP contribution in [0.4, 0.5) is 10.2 Å². The number of halogens is 1. The molecule has 3 rings (SSSR count). The van der Waals surface area contributed by atoms with Crippen LogP contribution in [0.2, 0.25) is 0 Å². The molecule has 0 atom stereocenters. The van der Waals surface area contributed by atoms with Crippen LogP contribution in [0.3, 0.4) is 0 Å². The molecule has 0 aliphatic rings. The minimum atomic E-state index is -3.72. The maximum Gasteiger partial charge on any atom is 0.242 e. The highest BCUT2D eigenvalue weighted by atomic mass is 32.2. The number of hydrogen-bond donors (Lipinski definition) is 1. The molecule has 2 aromatic carbocycles. The first-order chi connectivity index (χ1) is 14.4. The molecule has 1 heterocycles. The molecular formula is C21H23FN4O3S. The average Bonchev–Trinajstić information content (AvgIpc) is 3.15. The van der Waals surface area contributed by atoms with Crippen LogP contribution in [0.15, 0.2) is 71.8 Å². The van der Waals surface area contributed by atoms with Crippen molar-refractivity contribution < 1.29 is 17.6 Å². The van der Waals surface area contributed by atoms with Gasteiger partial charge in [0.05, 0.1) is 17.6 Å². The van der Waals surface area contributed by atoms with Crippen molar-refractivity contribution in [2.75, 3.05) is 18.9 Å². The van der Waals surface area contributed by atoms with Crippen LogP contribution in [0.25, 0.3) is 0 Å². The Hall–Kier alpha value is -3.04. The Labute approximate surface area is 175 Å². The fourth-order valence-corrected chi connectivity index (χ4v) is 4.10. The van der Waals surface area contributed by atoms with Gasteiger partial charge in [-0.15, -0.1) is 0 Å². The van der Waals surface area contributed by atoms with Gasteiger partial charge in [-0.3, -0.25) is 4.79 Å². The molecule has 3 aromatic rings. The molecule has 158 valence electrons. The quantitative estimate of drug-likeness (QED) is 0.565. The fraction of sp³-hybridized carbons (Fsp3) is 0.238. The minimum Gasteiger partial charge on any atom is -0.311 e. The van der Waals surface area contributed by atoms with Crippen molar-refractivity contribution in [3.05, 3.63) is 78.2 Å². The molecule has 1 aromatic heterocycles. The molecule has 0 aliphatic heterocycles. The lowest BCUT2D eigenvalue weighted by molar-refractivity contribution is -0.116. The molecule has 7 nitrogen and oxygen atoms in total. The predicted molar refractivity (Wildman–Crippen MR) is 112 cm³/mol. The summed E-state index contributed by atoms with van der Waals surface area (Å²) in [5.41, 5.74) is 1.06. The van der Waals surface area contributed by atoms with Gasteiger partial charge in [0, 0.05) is 26.1 Å². The highest BCUT2D eigenvalue weighted by Crippen LogP contribution is 2.16. The second kappa shape index (κ2) is 9.64. The van der Waals surface area contributed by atoms with Crippen molar-refractivity contribution in [2.45, 2.75) is 24.3 Å². The molecule has 0 unspecified atom stereocenters. The second-order valence-electron chi connectivity index (χ2n) is 6.79. The first-order valence-electron chi connectivity index (χ1n) is 9.44. The summed E-state index contributed by atoms with van der Waals surface area (Å²) >= 11 is 0. The largest absolute Gasteiger partial charge is 0.311 e. The van der Waals surface area contributed by atoms with E-state index in [1.807, 2.05) is 30.3 Å². The Morgan fingerprint density at radius 2 is 1.80 bits per heavy atom. The van der Waals surface area contributed by atoms with Crippen molar-refractivity contribution in [1.82, 2.24) is 14.1 Å². The summed E-state index contributed by atoms with van der Waals surface area (Å²) < 4.78 is 40.8. The van der Waals surface area contributed by atoms with Crippen LogP contribution in [-0.2, 0) is 21.4 Å². The number of rotatable bonds is 9. The maximum absolute atomic E-state index is 13.0. The topological polar surface area (TPSA) is 84.3 Å². The van der Waals surface area contributed by atoms with Gasteiger partial charge in [-0.05, 0) is 36.2 Å². The van der Waals surface area contributed by atoms with Gasteiger partial charge in [-0.25, -0.2) is 21.8 Å². The average molecular weight is 431 g/mol. The third-order valence-corrected chi connectivity index (χ3v) is 6.43. The van der Waals surface area contributed by atoms with Crippen molar-refractivity contribution in [1.29, 1.82) is 0 Å². The molecule has 0 aliphatic carbocycles. The van der Waals surface area contributed by atoms with Gasteiger partial charge >= 0.3 is 0 Å². The van der Waals surface area contributed by atoms with Gasteiger partial charge in [-0.2, -0.15) is 5.10 Å². The monoisotopic (exact) mass is 430 g/mol. The zero-order chi connectivity index (χ0) is 21.6. The normalized spacial score (nSPS) is 11.6. The van der Waals surface area contributed by atoms with Crippen LogP contribution >= 0.6 is 0 Å². The van der Waals surface area contributed by atoms with Crippen LogP contribution in [-0.4, -0.2) is 42.0 Å². The van der Waals surface area contributed by atoms with E-state index in [0.29, 0.717) is 18.8 Å². The lowest BCUT2D eigenvalue weighted by Crippen LogP contribution is -2.28. The Balaban J connectivity index is 1.51. The van der Waals surface area contributed by atoms with E-state index in [1.165, 1.54) is 19.2 Å². The Morgan fingerprint density at radius 1 is 1.10 bits per heavy atom. The molecule has 0 saturated heterocycles. The van der Waals surface area contributed by atoms with Crippen molar-refractivity contribution in [2.24, 2.45) is 0 Å². The summed E-state index contributed by atoms with van der Waals surface area (Å²) in [6.45, 7) is 0.693. The lowest BCUT2D eigenvalue weighted by Gasteiger charge is -2.17. The number of nitrogens with one attached hydrogen (secondary N) is 1. The van der Waals surface area contributed by atoms with Gasteiger partial charge in [0.15, 0.2) is 0 Å². The number of anilines is 1. The SMILES string of the molecule is CN(CCCC(=O)Nc1ccnn1Cc1ccccc1)S(=O)(=O)c1ccc(F)cc1. The van der Waals surface area contributed by atoms with E-state index >= 15 is 0 Å². The number of sulfonamides is 1. The fourth-order valence-electron chi connectivity index (χ4n) is 2.90. The van der Waals surface area contributed by atoms with Crippen molar-refractivity contribution >= 4 is 21.7 Å². The summed E-state index contributed by atoms with van der Waals surface area (Å²) in [5, 5.41) is 7.05. The van der Waals surface area contributed by atoms with Crippen LogP contribution in [0, 0.1) is 5.82 Å². The first-order valence-corrected chi connectivity index (χ1v) is 10.9. The van der Waals surface area contributed by atoms with Gasteiger partial charge in [0.25, 0.3) is 0 Å². The van der Waals surface area contributed by atoms with Gasteiger partial charge < -0.3 is 5.32 Å². The second-order valence-corrected chi connectivity index (χ2v) is 8.84. The van der Waals surface area contributed by atoms with E-state index < -0.39 is 15.8 Å². The van der Waals surface area contributed by atoms with Crippen LogP contribution in [0.5, 0.6) is 0 Å². The molecular weight excluding hydrogens is 407 g/mol. The van der Waals surface area contributed by atoms with Crippen LogP contribution < -0.4 is 5.32 Å². The zero-order valence-corrected chi connectivity index (χ0v) is 17.3. The third-order valence-electron chi connectivity index (χ3n) is 4.56. The number of aromatic nitrogens is 2. The highest BCUT2D eigenvalue weighted by molar-refractivity contribution is 7.89. The van der Waals surface area contributed by atoms with E-state index in [2.05, 4.69) is 10.4 Å². The summed E-state index contributed by atoms with van der Waals surface area (Å²) in [6.07, 6.45) is 2.11. The van der Waals surface area contributed by atoms with Gasteiger partial charge in [0.2, 0.25) is 15.9 Å². The van der Waals surface area contributed by atoms with E-state index in [0.717, 1.165) is 22.0 Å². The van der Waals surface area contributed by atoms with Crippen molar-refractivity contribution in [3.63, 3.8) is 0 Å². The molecule has 0 saturated carbocycles. The first kappa shape index (κ1) is 21.7. The number of carbonyl (C=O) groups is 1. The Morgan fingerprint density at radius 3 is 2.50 bits per heavy atom. The zero-order valence-electron chi connectivity index (χ0n) is 16.5. The number of hydrogen-bond acceptors (Lipinski definition) is 4. The van der Waals surface area contributed by atoms with Gasteiger partial charge in [0.1, 0.15) is 11.6 Å². The van der Waals surface area contributed by atoms with E-state index in [-0.39, 0.29) is 23.8 Å². The summed E-state index contributed by atoms with van der Waals surface area (Å²) in [6, 6.07) is 16.1. The number of nitrogens with zero attached hydrogens (tertiary/aromatic N) is 3. The Bertz CT molecular complexity index is 1080. The standard InChI is InChI=1S/C21H23FN4O3S/c1-25(30(28,29)19-11-9-18(22)10-12-19)15-5-8-21(27)24-20-13-14-23-26(20)16-17-6-3-2-4-7-17/h2-4,6-7,9-14H,5,8,15-16H2,1H3,(H,24,27). The van der Waals surface area contributed by atoms with Crippen molar-refractivity contribution in [3.8, 4) is 0 Å². The predicted octanol–water partition coefficient (Wildman–Crippen LogP) is 3.11. The lowest BCUT2D eigenvalue weighted by atomic mass is 10.2. The smallest absolute Gasteiger partial charge is 0.242 e. The van der Waals surface area contributed by atoms with E-state index in [1.54, 1.807) is 16.9 Å². The molecule has 9 heteroatoms. The number of amides is 1. The number of benzene rings is 2. The highest BCUT2D eigenvalue weighted by Gasteiger charge is 2.20. The van der Waals surface area contributed by atoms with E-state index in [4.69, 9.17) is 0 Å². The molecule has 0 radical (unpaired) electrons. The minimum absolute atomic E-state index is 0.0145. The molecule has 1 amide bonds. The van der Waals surface area contributed by atoms with Crippen LogP contribution in [0.1, 0.15) is 18.4 Å². The third kappa shape index (κ3) is 5.52. The summed E-state index contributed by atoms with van der Waals surface area (Å²) in [4.78, 5) is 12.3. The summed E-state index contributed by atoms with van der Waals surface area (Å²) in [7, 11) is -2.29.